The van der Waals surface area contributed by atoms with E-state index >= 15 is 0 Å². The Hall–Kier alpha value is 0.394. The summed E-state index contributed by atoms with van der Waals surface area (Å²) in [4.78, 5) is 0. The highest BCUT2D eigenvalue weighted by atomic mass is 28.4. The second-order valence-electron chi connectivity index (χ2n) is 2.55. The third kappa shape index (κ3) is 2.56. The Labute approximate surface area is 68.2 Å². The van der Waals surface area contributed by atoms with Gasteiger partial charge in [0.2, 0.25) is 9.76 Å². The van der Waals surface area contributed by atoms with Crippen LogP contribution in [0.3, 0.4) is 0 Å². The molecule has 0 aromatic rings. The Bertz CT molecular complexity index is 73.4. The van der Waals surface area contributed by atoms with Gasteiger partial charge in [0.05, 0.1) is 0 Å². The van der Waals surface area contributed by atoms with Gasteiger partial charge in [-0.1, -0.05) is 20.8 Å². The van der Waals surface area contributed by atoms with Crippen molar-refractivity contribution in [1.82, 2.24) is 0 Å². The molecule has 0 spiro atoms. The third-order valence-corrected chi connectivity index (χ3v) is 8.67. The summed E-state index contributed by atoms with van der Waals surface area (Å²) in [5.41, 5.74) is 0. The van der Waals surface area contributed by atoms with Crippen molar-refractivity contribution in [3.05, 3.63) is 0 Å². The molecule has 0 bridgehead atoms. The molecule has 0 rings (SSSR count). The minimum absolute atomic E-state index is 0.691. The van der Waals surface area contributed by atoms with Gasteiger partial charge in [-0.05, 0) is 24.7 Å². The van der Waals surface area contributed by atoms with Crippen LogP contribution >= 0.6 is 0 Å². The molecule has 0 unspecified atom stereocenters. The first-order valence-corrected chi connectivity index (χ1v) is 8.03. The van der Waals surface area contributed by atoms with E-state index in [0.29, 0.717) is 9.76 Å². The molecule has 0 aliphatic heterocycles. The highest BCUT2D eigenvalue weighted by Gasteiger charge is 2.26. The Morgan fingerprint density at radius 3 is 1.60 bits per heavy atom. The summed E-state index contributed by atoms with van der Waals surface area (Å²) in [5.74, 6) is 0. The minimum atomic E-state index is -1.21. The Kier molecular flexibility index (Phi) is 5.30. The van der Waals surface area contributed by atoms with Crippen molar-refractivity contribution in [2.45, 2.75) is 45.5 Å². The van der Waals surface area contributed by atoms with Gasteiger partial charge in [-0.2, -0.15) is 0 Å². The van der Waals surface area contributed by atoms with Crippen molar-refractivity contribution < 1.29 is 4.12 Å². The molecule has 0 atom stereocenters. The second kappa shape index (κ2) is 5.10. The Balaban J connectivity index is 3.87. The van der Waals surface area contributed by atoms with Gasteiger partial charge >= 0.3 is 0 Å². The van der Waals surface area contributed by atoms with Crippen molar-refractivity contribution in [3.63, 3.8) is 0 Å². The molecule has 0 fully saturated rings. The summed E-state index contributed by atoms with van der Waals surface area (Å²) in [6.07, 6.45) is 0. The predicted octanol–water partition coefficient (Wildman–Crippen LogP) is 2.68. The highest BCUT2D eigenvalue weighted by molar-refractivity contribution is 6.77. The van der Waals surface area contributed by atoms with Gasteiger partial charge in [0.15, 0.2) is 8.32 Å². The average molecular weight is 174 g/mol. The zero-order chi connectivity index (χ0) is 8.04. The van der Waals surface area contributed by atoms with E-state index in [1.165, 1.54) is 18.1 Å². The molecule has 3 heteroatoms. The standard InChI is InChI=1S/C7H18OSi2/c1-5-10(6-2,7-3)8-9-4/h5-7H2,1-4H3. The first-order valence-electron chi connectivity index (χ1n) is 4.09. The third-order valence-electron chi connectivity index (χ3n) is 2.25. The van der Waals surface area contributed by atoms with Crippen LogP contribution in [0, 0.1) is 0 Å². The average Bonchev–Trinajstić information content (AvgIpc) is 2.01. The van der Waals surface area contributed by atoms with Crippen molar-refractivity contribution in [3.8, 4) is 0 Å². The summed E-state index contributed by atoms with van der Waals surface area (Å²) in [6, 6.07) is 3.84. The van der Waals surface area contributed by atoms with Crippen LogP contribution in [0.25, 0.3) is 0 Å². The fraction of sp³-hybridized carbons (Fsp3) is 1.00. The molecule has 0 N–H and O–H groups in total. The van der Waals surface area contributed by atoms with Gasteiger partial charge in [-0.25, -0.2) is 0 Å². The van der Waals surface area contributed by atoms with E-state index in [1.807, 2.05) is 0 Å². The van der Waals surface area contributed by atoms with Crippen molar-refractivity contribution in [2.75, 3.05) is 0 Å². The Morgan fingerprint density at radius 1 is 1.10 bits per heavy atom. The molecule has 0 aliphatic carbocycles. The molecule has 10 heavy (non-hydrogen) atoms. The van der Waals surface area contributed by atoms with Gasteiger partial charge in [-0.3, -0.25) is 0 Å². The summed E-state index contributed by atoms with van der Waals surface area (Å²) >= 11 is 0. The van der Waals surface area contributed by atoms with Crippen molar-refractivity contribution in [2.24, 2.45) is 0 Å². The molecule has 0 aromatic heterocycles. The fourth-order valence-corrected chi connectivity index (χ4v) is 6.15. The van der Waals surface area contributed by atoms with Crippen LogP contribution in [-0.2, 0) is 4.12 Å². The second-order valence-corrected chi connectivity index (χ2v) is 8.26. The molecule has 0 amide bonds. The van der Waals surface area contributed by atoms with E-state index in [0.717, 1.165) is 0 Å². The van der Waals surface area contributed by atoms with Crippen LogP contribution in [0.5, 0.6) is 0 Å². The van der Waals surface area contributed by atoms with Gasteiger partial charge in [0.25, 0.3) is 0 Å². The van der Waals surface area contributed by atoms with Crippen LogP contribution in [0.1, 0.15) is 20.8 Å². The molecule has 60 valence electrons. The normalized spacial score (nSPS) is 12.0. The van der Waals surface area contributed by atoms with Crippen LogP contribution in [0.15, 0.2) is 0 Å². The topological polar surface area (TPSA) is 9.23 Å². The summed E-state index contributed by atoms with van der Waals surface area (Å²) in [7, 11) is -0.514. The van der Waals surface area contributed by atoms with Gasteiger partial charge in [0, 0.05) is 0 Å². The molecular weight excluding hydrogens is 156 g/mol. The number of hydrogen-bond donors (Lipinski definition) is 0. The molecule has 0 aliphatic rings. The van der Waals surface area contributed by atoms with E-state index < -0.39 is 8.32 Å². The quantitative estimate of drug-likeness (QED) is 0.582. The minimum Gasteiger partial charge on any atom is -0.456 e. The fourth-order valence-electron chi connectivity index (χ4n) is 1.18. The lowest BCUT2D eigenvalue weighted by atomic mass is 10.9. The maximum Gasteiger partial charge on any atom is 0.211 e. The molecular formula is C7H18OSi2. The maximum atomic E-state index is 5.84. The van der Waals surface area contributed by atoms with Crippen molar-refractivity contribution >= 4 is 18.1 Å². The Morgan fingerprint density at radius 2 is 1.50 bits per heavy atom. The SMILES string of the molecule is CC[Si](CC)(CC)O[Si]C. The van der Waals surface area contributed by atoms with E-state index in [2.05, 4.69) is 27.3 Å². The first kappa shape index (κ1) is 10.4. The summed E-state index contributed by atoms with van der Waals surface area (Å²) in [6.45, 7) is 8.92. The zero-order valence-corrected chi connectivity index (χ0v) is 9.53. The smallest absolute Gasteiger partial charge is 0.211 e. The lowest BCUT2D eigenvalue weighted by molar-refractivity contribution is 0.572. The van der Waals surface area contributed by atoms with Crippen LogP contribution in [0.2, 0.25) is 24.7 Å². The summed E-state index contributed by atoms with van der Waals surface area (Å²) < 4.78 is 5.84. The van der Waals surface area contributed by atoms with Gasteiger partial charge in [0.1, 0.15) is 0 Å². The molecule has 0 saturated carbocycles. The van der Waals surface area contributed by atoms with E-state index in [4.69, 9.17) is 4.12 Å². The number of rotatable bonds is 5. The molecule has 0 aromatic carbocycles. The summed E-state index contributed by atoms with van der Waals surface area (Å²) in [5, 5.41) is 0. The highest BCUT2D eigenvalue weighted by Crippen LogP contribution is 2.20. The van der Waals surface area contributed by atoms with Gasteiger partial charge < -0.3 is 4.12 Å². The molecule has 0 saturated heterocycles. The van der Waals surface area contributed by atoms with E-state index in [9.17, 15) is 0 Å². The zero-order valence-electron chi connectivity index (χ0n) is 7.53. The van der Waals surface area contributed by atoms with E-state index in [1.54, 1.807) is 0 Å². The first-order chi connectivity index (χ1) is 4.74. The van der Waals surface area contributed by atoms with Crippen LogP contribution < -0.4 is 0 Å². The molecule has 0 heterocycles. The van der Waals surface area contributed by atoms with Crippen LogP contribution in [-0.4, -0.2) is 18.1 Å². The van der Waals surface area contributed by atoms with Crippen molar-refractivity contribution in [1.29, 1.82) is 0 Å². The number of hydrogen-bond acceptors (Lipinski definition) is 1. The van der Waals surface area contributed by atoms with Gasteiger partial charge in [-0.15, -0.1) is 0 Å². The lowest BCUT2D eigenvalue weighted by Crippen LogP contribution is -2.36. The molecule has 1 nitrogen and oxygen atoms in total. The largest absolute Gasteiger partial charge is 0.456 e. The maximum absolute atomic E-state index is 5.84. The van der Waals surface area contributed by atoms with E-state index in [-0.39, 0.29) is 0 Å². The predicted molar refractivity (Wildman–Crippen MR) is 49.9 cm³/mol. The monoisotopic (exact) mass is 174 g/mol. The molecule has 2 radical (unpaired) electrons. The lowest BCUT2D eigenvalue weighted by Gasteiger charge is -2.27. The van der Waals surface area contributed by atoms with Crippen LogP contribution in [0.4, 0.5) is 0 Å².